The van der Waals surface area contributed by atoms with Crippen LogP contribution in [0.4, 0.5) is 26.3 Å². The van der Waals surface area contributed by atoms with Crippen LogP contribution in [0.1, 0.15) is 45.4 Å². The fourth-order valence-corrected chi connectivity index (χ4v) is 2.98. The standard InChI is InChI=1S/C13H21F6N/c1-2-20-11(6-7-12(14,15)16)9-4-3-5-10(8-9)13(17,18)19/h9-11,20H,2-8H2,1H3. The van der Waals surface area contributed by atoms with Gasteiger partial charge >= 0.3 is 12.4 Å². The van der Waals surface area contributed by atoms with Crippen LogP contribution in [-0.2, 0) is 0 Å². The zero-order chi connectivity index (χ0) is 15.4. The molecule has 3 unspecified atom stereocenters. The zero-order valence-corrected chi connectivity index (χ0v) is 11.4. The molecule has 0 amide bonds. The van der Waals surface area contributed by atoms with Crippen LogP contribution in [0.25, 0.3) is 0 Å². The lowest BCUT2D eigenvalue weighted by molar-refractivity contribution is -0.187. The van der Waals surface area contributed by atoms with Crippen LogP contribution in [0.5, 0.6) is 0 Å². The Bertz CT molecular complexity index is 284. The number of alkyl halides is 6. The molecule has 0 heterocycles. The van der Waals surface area contributed by atoms with Crippen LogP contribution in [0.15, 0.2) is 0 Å². The maximum Gasteiger partial charge on any atom is 0.391 e. The molecular weight excluding hydrogens is 284 g/mol. The van der Waals surface area contributed by atoms with E-state index < -0.39 is 30.7 Å². The van der Waals surface area contributed by atoms with E-state index in [0.29, 0.717) is 19.4 Å². The van der Waals surface area contributed by atoms with Gasteiger partial charge in [0.1, 0.15) is 0 Å². The van der Waals surface area contributed by atoms with Crippen molar-refractivity contribution in [2.24, 2.45) is 11.8 Å². The lowest BCUT2D eigenvalue weighted by Gasteiger charge is -2.36. The van der Waals surface area contributed by atoms with Crippen molar-refractivity contribution in [3.05, 3.63) is 0 Å². The molecule has 0 aliphatic heterocycles. The number of nitrogens with one attached hydrogen (secondary N) is 1. The van der Waals surface area contributed by atoms with Gasteiger partial charge in [-0.2, -0.15) is 26.3 Å². The molecule has 0 radical (unpaired) electrons. The molecule has 1 fully saturated rings. The Morgan fingerprint density at radius 1 is 1.10 bits per heavy atom. The van der Waals surface area contributed by atoms with Gasteiger partial charge in [0.15, 0.2) is 0 Å². The Labute approximate surface area is 115 Å². The Kier molecular flexibility index (Phi) is 6.16. The van der Waals surface area contributed by atoms with Gasteiger partial charge in [-0.25, -0.2) is 0 Å². The summed E-state index contributed by atoms with van der Waals surface area (Å²) in [7, 11) is 0. The Morgan fingerprint density at radius 3 is 2.25 bits per heavy atom. The Morgan fingerprint density at radius 2 is 1.75 bits per heavy atom. The SMILES string of the molecule is CCNC(CCC(F)(F)F)C1CCCC(C(F)(F)F)C1. The summed E-state index contributed by atoms with van der Waals surface area (Å²) in [6, 6.07) is -0.480. The van der Waals surface area contributed by atoms with Gasteiger partial charge in [0.25, 0.3) is 0 Å². The summed E-state index contributed by atoms with van der Waals surface area (Å²) in [5.41, 5.74) is 0. The molecule has 3 atom stereocenters. The molecule has 1 N–H and O–H groups in total. The number of halogens is 6. The second-order valence-electron chi connectivity index (χ2n) is 5.48. The quantitative estimate of drug-likeness (QED) is 0.727. The summed E-state index contributed by atoms with van der Waals surface area (Å²) < 4.78 is 75.1. The number of hydrogen-bond donors (Lipinski definition) is 1. The van der Waals surface area contributed by atoms with E-state index in [4.69, 9.17) is 0 Å². The van der Waals surface area contributed by atoms with E-state index >= 15 is 0 Å². The summed E-state index contributed by atoms with van der Waals surface area (Å²) in [6.45, 7) is 2.22. The maximum absolute atomic E-state index is 12.7. The van der Waals surface area contributed by atoms with Gasteiger partial charge in [0, 0.05) is 12.5 Å². The lowest BCUT2D eigenvalue weighted by Crippen LogP contribution is -2.41. The molecule has 1 saturated carbocycles. The van der Waals surface area contributed by atoms with E-state index in [1.807, 2.05) is 0 Å². The third-order valence-corrected chi connectivity index (χ3v) is 3.95. The molecule has 20 heavy (non-hydrogen) atoms. The average Bonchev–Trinajstić information content (AvgIpc) is 2.32. The van der Waals surface area contributed by atoms with E-state index in [1.165, 1.54) is 0 Å². The van der Waals surface area contributed by atoms with Gasteiger partial charge in [-0.15, -0.1) is 0 Å². The van der Waals surface area contributed by atoms with Crippen molar-refractivity contribution in [3.8, 4) is 0 Å². The van der Waals surface area contributed by atoms with Crippen LogP contribution in [0.3, 0.4) is 0 Å². The minimum atomic E-state index is -4.26. The van der Waals surface area contributed by atoms with Gasteiger partial charge in [-0.05, 0) is 38.1 Å². The van der Waals surface area contributed by atoms with Gasteiger partial charge in [0.2, 0.25) is 0 Å². The fourth-order valence-electron chi connectivity index (χ4n) is 2.98. The second-order valence-corrected chi connectivity index (χ2v) is 5.48. The monoisotopic (exact) mass is 305 g/mol. The van der Waals surface area contributed by atoms with Gasteiger partial charge in [0.05, 0.1) is 5.92 Å². The highest BCUT2D eigenvalue weighted by molar-refractivity contribution is 4.85. The topological polar surface area (TPSA) is 12.0 Å². The third kappa shape index (κ3) is 5.89. The van der Waals surface area contributed by atoms with Crippen molar-refractivity contribution < 1.29 is 26.3 Å². The average molecular weight is 305 g/mol. The summed E-state index contributed by atoms with van der Waals surface area (Å²) >= 11 is 0. The van der Waals surface area contributed by atoms with E-state index in [-0.39, 0.29) is 25.2 Å². The van der Waals surface area contributed by atoms with Crippen molar-refractivity contribution in [2.75, 3.05) is 6.54 Å². The van der Waals surface area contributed by atoms with E-state index in [2.05, 4.69) is 5.32 Å². The van der Waals surface area contributed by atoms with Gasteiger partial charge < -0.3 is 5.32 Å². The smallest absolute Gasteiger partial charge is 0.314 e. The molecule has 1 rings (SSSR count). The summed E-state index contributed by atoms with van der Waals surface area (Å²) in [6.07, 6.45) is -8.54. The molecule has 0 aromatic rings. The molecule has 1 nitrogen and oxygen atoms in total. The first-order chi connectivity index (χ1) is 9.13. The van der Waals surface area contributed by atoms with Crippen molar-refractivity contribution in [1.29, 1.82) is 0 Å². The highest BCUT2D eigenvalue weighted by atomic mass is 19.4. The maximum atomic E-state index is 12.7. The van der Waals surface area contributed by atoms with Crippen LogP contribution in [-0.4, -0.2) is 24.9 Å². The molecule has 0 spiro atoms. The van der Waals surface area contributed by atoms with Crippen molar-refractivity contribution >= 4 is 0 Å². The highest BCUT2D eigenvalue weighted by Gasteiger charge is 2.43. The molecule has 0 saturated heterocycles. The Balaban J connectivity index is 2.61. The normalized spacial score (nSPS) is 26.6. The predicted octanol–water partition coefficient (Wildman–Crippen LogP) is 4.68. The van der Waals surface area contributed by atoms with E-state index in [1.54, 1.807) is 6.92 Å². The minimum Gasteiger partial charge on any atom is -0.314 e. The predicted molar refractivity (Wildman–Crippen MR) is 64.3 cm³/mol. The molecule has 7 heteroatoms. The van der Waals surface area contributed by atoms with Crippen LogP contribution >= 0.6 is 0 Å². The summed E-state index contributed by atoms with van der Waals surface area (Å²) in [4.78, 5) is 0. The zero-order valence-electron chi connectivity index (χ0n) is 11.4. The van der Waals surface area contributed by atoms with Gasteiger partial charge in [-0.1, -0.05) is 13.3 Å². The molecular formula is C13H21F6N. The van der Waals surface area contributed by atoms with Crippen LogP contribution in [0, 0.1) is 11.8 Å². The van der Waals surface area contributed by atoms with Crippen LogP contribution in [0.2, 0.25) is 0 Å². The summed E-state index contributed by atoms with van der Waals surface area (Å²) in [5, 5.41) is 2.93. The molecule has 120 valence electrons. The highest BCUT2D eigenvalue weighted by Crippen LogP contribution is 2.41. The molecule has 0 aromatic carbocycles. The van der Waals surface area contributed by atoms with Crippen molar-refractivity contribution in [2.45, 2.75) is 63.8 Å². The fraction of sp³-hybridized carbons (Fsp3) is 1.00. The summed E-state index contributed by atoms with van der Waals surface area (Å²) in [5.74, 6) is -1.69. The minimum absolute atomic E-state index is 0.0565. The van der Waals surface area contributed by atoms with Crippen molar-refractivity contribution in [3.63, 3.8) is 0 Å². The van der Waals surface area contributed by atoms with Crippen molar-refractivity contribution in [1.82, 2.24) is 5.32 Å². The van der Waals surface area contributed by atoms with Gasteiger partial charge in [-0.3, -0.25) is 0 Å². The first kappa shape index (κ1) is 17.6. The molecule has 0 aromatic heterocycles. The molecule has 1 aliphatic rings. The number of hydrogen-bond acceptors (Lipinski definition) is 1. The first-order valence-corrected chi connectivity index (χ1v) is 7.00. The third-order valence-electron chi connectivity index (χ3n) is 3.95. The number of rotatable bonds is 5. The van der Waals surface area contributed by atoms with Crippen LogP contribution < -0.4 is 5.32 Å². The largest absolute Gasteiger partial charge is 0.391 e. The lowest BCUT2D eigenvalue weighted by atomic mass is 9.76. The molecule has 0 bridgehead atoms. The first-order valence-electron chi connectivity index (χ1n) is 7.00. The second kappa shape index (κ2) is 7.00. The van der Waals surface area contributed by atoms with E-state index in [0.717, 1.165) is 0 Å². The Hall–Kier alpha value is -0.460. The molecule has 1 aliphatic carbocycles. The van der Waals surface area contributed by atoms with E-state index in [9.17, 15) is 26.3 Å².